The third kappa shape index (κ3) is 4.54. The van der Waals surface area contributed by atoms with Crippen LogP contribution in [0.5, 0.6) is 11.5 Å². The topological polar surface area (TPSA) is 78.9 Å². The minimum atomic E-state index is -0.256. The summed E-state index contributed by atoms with van der Waals surface area (Å²) in [6.45, 7) is 3.03. The van der Waals surface area contributed by atoms with Crippen molar-refractivity contribution in [1.29, 1.82) is 0 Å². The third-order valence-corrected chi connectivity index (χ3v) is 6.28. The molecule has 0 bridgehead atoms. The van der Waals surface area contributed by atoms with Gasteiger partial charge in [-0.3, -0.25) is 9.59 Å². The maximum Gasteiger partial charge on any atom is 0.229 e. The number of rotatable bonds is 5. The van der Waals surface area contributed by atoms with Crippen LogP contribution in [-0.2, 0) is 9.59 Å². The van der Waals surface area contributed by atoms with Crippen LogP contribution in [0.4, 0.5) is 5.69 Å². The molecule has 1 saturated heterocycles. The minimum absolute atomic E-state index is 0.0520. The zero-order valence-corrected chi connectivity index (χ0v) is 18.4. The molecule has 2 N–H and O–H groups in total. The lowest BCUT2D eigenvalue weighted by Crippen LogP contribution is -2.43. The van der Waals surface area contributed by atoms with Crippen molar-refractivity contribution in [2.45, 2.75) is 25.7 Å². The number of methoxy groups -OCH3 is 1. The standard InChI is InChI=1S/C26H28N2O4/c1-17(19-7-8-21-16-22(32-2)10-9-20(21)15-19)26(31)28-13-11-18(12-14-28)25(30)27-23-5-3-4-6-24(23)29/h3-10,15-18,29H,11-14H2,1-2H3,(H,27,30)/t17-/m0/s1. The number of hydrogen-bond acceptors (Lipinski definition) is 4. The first-order chi connectivity index (χ1) is 15.5. The van der Waals surface area contributed by atoms with E-state index in [0.717, 1.165) is 22.1 Å². The molecule has 0 aromatic heterocycles. The highest BCUT2D eigenvalue weighted by atomic mass is 16.5. The quantitative estimate of drug-likeness (QED) is 0.581. The molecule has 32 heavy (non-hydrogen) atoms. The summed E-state index contributed by atoms with van der Waals surface area (Å²) in [5.41, 5.74) is 1.39. The molecule has 0 spiro atoms. The van der Waals surface area contributed by atoms with E-state index in [9.17, 15) is 14.7 Å². The Hall–Kier alpha value is -3.54. The SMILES string of the molecule is COc1ccc2cc([C@H](C)C(=O)N3CCC(C(=O)Nc4ccccc4O)CC3)ccc2c1. The number of fused-ring (bicyclic) bond motifs is 1. The lowest BCUT2D eigenvalue weighted by Gasteiger charge is -2.33. The van der Waals surface area contributed by atoms with E-state index < -0.39 is 0 Å². The molecule has 1 heterocycles. The average molecular weight is 433 g/mol. The number of phenolic OH excluding ortho intramolecular Hbond substituents is 1. The van der Waals surface area contributed by atoms with E-state index in [2.05, 4.69) is 11.4 Å². The second-order valence-electron chi connectivity index (χ2n) is 8.30. The molecular formula is C26H28N2O4. The van der Waals surface area contributed by atoms with Crippen LogP contribution >= 0.6 is 0 Å². The Morgan fingerprint density at radius 3 is 2.44 bits per heavy atom. The van der Waals surface area contributed by atoms with Crippen molar-refractivity contribution in [3.63, 3.8) is 0 Å². The normalized spacial score (nSPS) is 15.4. The number of anilines is 1. The summed E-state index contributed by atoms with van der Waals surface area (Å²) in [6, 6.07) is 18.7. The van der Waals surface area contributed by atoms with Gasteiger partial charge in [0.15, 0.2) is 0 Å². The summed E-state index contributed by atoms with van der Waals surface area (Å²) in [6.07, 6.45) is 1.21. The molecule has 166 valence electrons. The van der Waals surface area contributed by atoms with Gasteiger partial charge in [-0.2, -0.15) is 0 Å². The maximum atomic E-state index is 13.1. The number of ether oxygens (including phenoxy) is 1. The minimum Gasteiger partial charge on any atom is -0.506 e. The molecule has 0 radical (unpaired) electrons. The molecule has 0 unspecified atom stereocenters. The molecule has 1 aliphatic heterocycles. The third-order valence-electron chi connectivity index (χ3n) is 6.28. The zero-order valence-electron chi connectivity index (χ0n) is 18.4. The predicted molar refractivity (Wildman–Crippen MR) is 125 cm³/mol. The number of nitrogens with one attached hydrogen (secondary N) is 1. The number of phenols is 1. The Bertz CT molecular complexity index is 1140. The van der Waals surface area contributed by atoms with Crippen LogP contribution in [0.25, 0.3) is 10.8 Å². The van der Waals surface area contributed by atoms with E-state index in [1.165, 1.54) is 0 Å². The van der Waals surface area contributed by atoms with E-state index in [-0.39, 0.29) is 29.4 Å². The van der Waals surface area contributed by atoms with Crippen molar-refractivity contribution < 1.29 is 19.4 Å². The van der Waals surface area contributed by atoms with Gasteiger partial charge in [-0.25, -0.2) is 0 Å². The first kappa shape index (κ1) is 21.7. The van der Waals surface area contributed by atoms with Crippen LogP contribution in [-0.4, -0.2) is 42.0 Å². The van der Waals surface area contributed by atoms with E-state index in [1.54, 1.807) is 31.4 Å². The summed E-state index contributed by atoms with van der Waals surface area (Å²) in [4.78, 5) is 27.6. The second kappa shape index (κ2) is 9.30. The van der Waals surface area contributed by atoms with Crippen molar-refractivity contribution in [2.24, 2.45) is 5.92 Å². The summed E-state index contributed by atoms with van der Waals surface area (Å²) < 4.78 is 5.28. The summed E-state index contributed by atoms with van der Waals surface area (Å²) >= 11 is 0. The van der Waals surface area contributed by atoms with Gasteiger partial charge >= 0.3 is 0 Å². The number of carbonyl (C=O) groups excluding carboxylic acids is 2. The molecular weight excluding hydrogens is 404 g/mol. The van der Waals surface area contributed by atoms with Gasteiger partial charge in [0.05, 0.1) is 18.7 Å². The predicted octanol–water partition coefficient (Wildman–Crippen LogP) is 4.53. The molecule has 0 saturated carbocycles. The highest BCUT2D eigenvalue weighted by molar-refractivity contribution is 5.94. The fraction of sp³-hybridized carbons (Fsp3) is 0.308. The first-order valence-electron chi connectivity index (χ1n) is 10.9. The summed E-state index contributed by atoms with van der Waals surface area (Å²) in [7, 11) is 1.65. The Morgan fingerprint density at radius 1 is 1.03 bits per heavy atom. The van der Waals surface area contributed by atoms with Crippen molar-refractivity contribution >= 4 is 28.3 Å². The number of piperidine rings is 1. The number of aromatic hydroxyl groups is 1. The molecule has 6 nitrogen and oxygen atoms in total. The van der Waals surface area contributed by atoms with Crippen LogP contribution in [0.3, 0.4) is 0 Å². The van der Waals surface area contributed by atoms with Gasteiger partial charge in [-0.15, -0.1) is 0 Å². The van der Waals surface area contributed by atoms with Crippen LogP contribution in [0.1, 0.15) is 31.2 Å². The van der Waals surface area contributed by atoms with Crippen molar-refractivity contribution in [3.8, 4) is 11.5 Å². The Labute approximate surface area is 187 Å². The highest BCUT2D eigenvalue weighted by Gasteiger charge is 2.30. The number of amides is 2. The lowest BCUT2D eigenvalue weighted by atomic mass is 9.92. The monoisotopic (exact) mass is 432 g/mol. The fourth-order valence-electron chi connectivity index (χ4n) is 4.23. The van der Waals surface area contributed by atoms with Crippen LogP contribution in [0.2, 0.25) is 0 Å². The highest BCUT2D eigenvalue weighted by Crippen LogP contribution is 2.29. The summed E-state index contributed by atoms with van der Waals surface area (Å²) in [5.74, 6) is 0.395. The van der Waals surface area contributed by atoms with Crippen LogP contribution in [0, 0.1) is 5.92 Å². The van der Waals surface area contributed by atoms with Crippen LogP contribution in [0.15, 0.2) is 60.7 Å². The molecule has 0 aliphatic carbocycles. The molecule has 3 aromatic carbocycles. The number of hydrogen-bond donors (Lipinski definition) is 2. The molecule has 1 fully saturated rings. The number of nitrogens with zero attached hydrogens (tertiary/aromatic N) is 1. The number of para-hydroxylation sites is 2. The van der Waals surface area contributed by atoms with Crippen molar-refractivity contribution in [1.82, 2.24) is 4.90 Å². The Balaban J connectivity index is 1.37. The molecule has 3 aromatic rings. The Morgan fingerprint density at radius 2 is 1.72 bits per heavy atom. The van der Waals surface area contributed by atoms with Crippen molar-refractivity contribution in [2.75, 3.05) is 25.5 Å². The van der Waals surface area contributed by atoms with E-state index in [4.69, 9.17) is 4.74 Å². The van der Waals surface area contributed by atoms with Crippen LogP contribution < -0.4 is 10.1 Å². The lowest BCUT2D eigenvalue weighted by molar-refractivity contribution is -0.135. The van der Waals surface area contributed by atoms with Crippen molar-refractivity contribution in [3.05, 3.63) is 66.2 Å². The zero-order chi connectivity index (χ0) is 22.7. The smallest absolute Gasteiger partial charge is 0.229 e. The van der Waals surface area contributed by atoms with Gasteiger partial charge < -0.3 is 20.1 Å². The number of benzene rings is 3. The Kier molecular flexibility index (Phi) is 6.30. The maximum absolute atomic E-state index is 13.1. The fourth-order valence-corrected chi connectivity index (χ4v) is 4.23. The number of likely N-dealkylation sites (tertiary alicyclic amines) is 1. The van der Waals surface area contributed by atoms with E-state index in [1.807, 2.05) is 42.2 Å². The van der Waals surface area contributed by atoms with E-state index >= 15 is 0 Å². The van der Waals surface area contributed by atoms with Gasteiger partial charge in [0.2, 0.25) is 11.8 Å². The van der Waals surface area contributed by atoms with Gasteiger partial charge in [0.25, 0.3) is 0 Å². The molecule has 1 aliphatic rings. The second-order valence-corrected chi connectivity index (χ2v) is 8.30. The molecule has 6 heteroatoms. The molecule has 2 amide bonds. The van der Waals surface area contributed by atoms with E-state index in [0.29, 0.717) is 31.6 Å². The van der Waals surface area contributed by atoms with Gasteiger partial charge in [-0.05, 0) is 60.4 Å². The van der Waals surface area contributed by atoms with Gasteiger partial charge in [0.1, 0.15) is 11.5 Å². The number of carbonyl (C=O) groups is 2. The molecule has 1 atom stereocenters. The summed E-state index contributed by atoms with van der Waals surface area (Å²) in [5, 5.41) is 14.8. The first-order valence-corrected chi connectivity index (χ1v) is 10.9. The van der Waals surface area contributed by atoms with Gasteiger partial charge in [0, 0.05) is 19.0 Å². The average Bonchev–Trinajstić information content (AvgIpc) is 2.84. The van der Waals surface area contributed by atoms with Gasteiger partial charge in [-0.1, -0.05) is 36.4 Å². The molecule has 4 rings (SSSR count). The largest absolute Gasteiger partial charge is 0.506 e.